The van der Waals surface area contributed by atoms with Crippen molar-refractivity contribution >= 4 is 5.78 Å². The maximum Gasteiger partial charge on any atom is 0.155 e. The van der Waals surface area contributed by atoms with Crippen molar-refractivity contribution in [2.75, 3.05) is 0 Å². The molecule has 0 N–H and O–H groups in total. The first kappa shape index (κ1) is 10.5. The van der Waals surface area contributed by atoms with Crippen LogP contribution in [-0.4, -0.2) is 5.78 Å². The molecule has 0 amide bonds. The molecule has 0 saturated heterocycles. The van der Waals surface area contributed by atoms with Crippen LogP contribution in [0.4, 0.5) is 0 Å². The number of carbonyl (C=O) groups is 1. The van der Waals surface area contributed by atoms with Gasteiger partial charge in [-0.25, -0.2) is 0 Å². The van der Waals surface area contributed by atoms with Crippen molar-refractivity contribution in [3.63, 3.8) is 0 Å². The van der Waals surface area contributed by atoms with Crippen LogP contribution in [0.25, 0.3) is 0 Å². The van der Waals surface area contributed by atoms with Crippen LogP contribution in [0.1, 0.15) is 40.5 Å². The van der Waals surface area contributed by atoms with E-state index in [1.807, 2.05) is 6.08 Å². The maximum absolute atomic E-state index is 11.3. The highest BCUT2D eigenvalue weighted by Gasteiger charge is 2.26. The van der Waals surface area contributed by atoms with Crippen LogP contribution in [0.3, 0.4) is 0 Å². The number of rotatable bonds is 2. The molecule has 0 spiro atoms. The Labute approximate surface area is 81.2 Å². The van der Waals surface area contributed by atoms with Gasteiger partial charge in [-0.3, -0.25) is 4.79 Å². The lowest BCUT2D eigenvalue weighted by Crippen LogP contribution is -2.23. The minimum atomic E-state index is 0.321. The Morgan fingerprint density at radius 2 is 2.15 bits per heavy atom. The fraction of sp³-hybridized carbons (Fsp3) is 0.750. The summed E-state index contributed by atoms with van der Waals surface area (Å²) in [6.45, 7) is 8.77. The molecule has 13 heavy (non-hydrogen) atoms. The average Bonchev–Trinajstić information content (AvgIpc) is 1.98. The third-order valence-corrected chi connectivity index (χ3v) is 3.05. The summed E-state index contributed by atoms with van der Waals surface area (Å²) < 4.78 is 0. The van der Waals surface area contributed by atoms with Gasteiger partial charge in [-0.1, -0.05) is 26.3 Å². The van der Waals surface area contributed by atoms with Crippen LogP contribution in [0.2, 0.25) is 0 Å². The maximum atomic E-state index is 11.3. The van der Waals surface area contributed by atoms with Gasteiger partial charge in [-0.2, -0.15) is 0 Å². The van der Waals surface area contributed by atoms with E-state index in [1.54, 1.807) is 0 Å². The molecule has 0 bridgehead atoms. The summed E-state index contributed by atoms with van der Waals surface area (Å²) in [6, 6.07) is 0. The number of hydrogen-bond donors (Lipinski definition) is 0. The fourth-order valence-corrected chi connectivity index (χ4v) is 2.14. The van der Waals surface area contributed by atoms with Gasteiger partial charge in [0.25, 0.3) is 0 Å². The molecule has 0 fully saturated rings. The van der Waals surface area contributed by atoms with Gasteiger partial charge >= 0.3 is 0 Å². The third kappa shape index (κ3) is 2.68. The zero-order valence-corrected chi connectivity index (χ0v) is 9.13. The lowest BCUT2D eigenvalue weighted by atomic mass is 9.76. The van der Waals surface area contributed by atoms with Gasteiger partial charge < -0.3 is 0 Å². The van der Waals surface area contributed by atoms with Crippen molar-refractivity contribution in [3.8, 4) is 0 Å². The molecule has 0 aromatic carbocycles. The molecule has 1 nitrogen and oxygen atoms in total. The van der Waals surface area contributed by atoms with Gasteiger partial charge in [0.15, 0.2) is 5.78 Å². The second kappa shape index (κ2) is 4.08. The van der Waals surface area contributed by atoms with E-state index in [-0.39, 0.29) is 0 Å². The average molecular weight is 180 g/mol. The Balaban J connectivity index is 2.67. The second-order valence-electron chi connectivity index (χ2n) is 4.74. The smallest absolute Gasteiger partial charge is 0.155 e. The van der Waals surface area contributed by atoms with E-state index in [0.717, 1.165) is 6.42 Å². The number of hydrogen-bond acceptors (Lipinski definition) is 1. The molecule has 0 aromatic rings. The fourth-order valence-electron chi connectivity index (χ4n) is 2.14. The Morgan fingerprint density at radius 1 is 1.54 bits per heavy atom. The topological polar surface area (TPSA) is 17.1 Å². The van der Waals surface area contributed by atoms with Crippen LogP contribution >= 0.6 is 0 Å². The van der Waals surface area contributed by atoms with Crippen molar-refractivity contribution in [2.45, 2.75) is 40.5 Å². The van der Waals surface area contributed by atoms with E-state index < -0.39 is 0 Å². The molecule has 0 radical (unpaired) electrons. The summed E-state index contributed by atoms with van der Waals surface area (Å²) in [7, 11) is 0. The van der Waals surface area contributed by atoms with Crippen molar-refractivity contribution < 1.29 is 4.79 Å². The van der Waals surface area contributed by atoms with Crippen molar-refractivity contribution in [3.05, 3.63) is 11.6 Å². The quantitative estimate of drug-likeness (QED) is 0.637. The first-order chi connectivity index (χ1) is 6.00. The highest BCUT2D eigenvalue weighted by atomic mass is 16.1. The van der Waals surface area contributed by atoms with E-state index in [0.29, 0.717) is 23.5 Å². The first-order valence-electron chi connectivity index (χ1n) is 5.21. The lowest BCUT2D eigenvalue weighted by molar-refractivity contribution is -0.116. The normalized spacial score (nSPS) is 29.3. The largest absolute Gasteiger partial charge is 0.295 e. The van der Waals surface area contributed by atoms with Crippen LogP contribution < -0.4 is 0 Å². The molecule has 2 atom stereocenters. The molecular weight excluding hydrogens is 160 g/mol. The Bertz CT molecular complexity index is 225. The van der Waals surface area contributed by atoms with E-state index in [4.69, 9.17) is 0 Å². The van der Waals surface area contributed by atoms with Gasteiger partial charge in [0.1, 0.15) is 0 Å². The molecule has 0 aromatic heterocycles. The predicted molar refractivity (Wildman–Crippen MR) is 55.5 cm³/mol. The van der Waals surface area contributed by atoms with Crippen LogP contribution in [0.15, 0.2) is 11.6 Å². The van der Waals surface area contributed by atoms with Crippen LogP contribution in [0, 0.1) is 17.8 Å². The molecule has 1 aliphatic carbocycles. The summed E-state index contributed by atoms with van der Waals surface area (Å²) >= 11 is 0. The minimum absolute atomic E-state index is 0.321. The molecule has 0 aliphatic heterocycles. The van der Waals surface area contributed by atoms with Crippen molar-refractivity contribution in [1.82, 2.24) is 0 Å². The Kier molecular flexibility index (Phi) is 3.29. The Morgan fingerprint density at radius 3 is 2.69 bits per heavy atom. The number of carbonyl (C=O) groups excluding carboxylic acids is 1. The molecule has 0 heterocycles. The van der Waals surface area contributed by atoms with Gasteiger partial charge in [0.2, 0.25) is 0 Å². The van der Waals surface area contributed by atoms with Gasteiger partial charge in [-0.15, -0.1) is 0 Å². The summed E-state index contributed by atoms with van der Waals surface area (Å²) in [5.41, 5.74) is 1.27. The molecule has 1 heteroatoms. The molecule has 74 valence electrons. The standard InChI is InChI=1S/C12H20O/c1-8(2)5-11-7-12(13)6-9(3)10(11)4/h6,8,10-11H,5,7H2,1-4H3. The second-order valence-corrected chi connectivity index (χ2v) is 4.74. The highest BCUT2D eigenvalue weighted by Crippen LogP contribution is 2.32. The summed E-state index contributed by atoms with van der Waals surface area (Å²) in [4.78, 5) is 11.3. The lowest BCUT2D eigenvalue weighted by Gasteiger charge is -2.28. The minimum Gasteiger partial charge on any atom is -0.295 e. The highest BCUT2D eigenvalue weighted by molar-refractivity contribution is 5.91. The van der Waals surface area contributed by atoms with E-state index >= 15 is 0 Å². The summed E-state index contributed by atoms with van der Waals surface area (Å²) in [5, 5.41) is 0. The monoisotopic (exact) mass is 180 g/mol. The van der Waals surface area contributed by atoms with Crippen LogP contribution in [0.5, 0.6) is 0 Å². The van der Waals surface area contributed by atoms with E-state index in [9.17, 15) is 4.79 Å². The summed E-state index contributed by atoms with van der Waals surface area (Å²) in [6.07, 6.45) is 3.76. The zero-order chi connectivity index (χ0) is 10.0. The SMILES string of the molecule is CC1=CC(=O)CC(CC(C)C)C1C. The van der Waals surface area contributed by atoms with E-state index in [1.165, 1.54) is 12.0 Å². The van der Waals surface area contributed by atoms with Gasteiger partial charge in [-0.05, 0) is 37.2 Å². The first-order valence-corrected chi connectivity index (χ1v) is 5.21. The predicted octanol–water partition coefficient (Wildman–Crippen LogP) is 3.20. The van der Waals surface area contributed by atoms with Crippen molar-refractivity contribution in [1.29, 1.82) is 0 Å². The zero-order valence-electron chi connectivity index (χ0n) is 9.13. The molecular formula is C12H20O. The van der Waals surface area contributed by atoms with Crippen LogP contribution in [-0.2, 0) is 4.79 Å². The van der Waals surface area contributed by atoms with Gasteiger partial charge in [0.05, 0.1) is 0 Å². The third-order valence-electron chi connectivity index (χ3n) is 3.05. The molecule has 1 rings (SSSR count). The number of ketones is 1. The molecule has 0 saturated carbocycles. The Hall–Kier alpha value is -0.590. The van der Waals surface area contributed by atoms with Crippen molar-refractivity contribution in [2.24, 2.45) is 17.8 Å². The summed E-state index contributed by atoms with van der Waals surface area (Å²) in [5.74, 6) is 2.20. The molecule has 2 unspecified atom stereocenters. The number of allylic oxidation sites excluding steroid dienone is 2. The van der Waals surface area contributed by atoms with E-state index in [2.05, 4.69) is 27.7 Å². The van der Waals surface area contributed by atoms with Gasteiger partial charge in [0, 0.05) is 6.42 Å². The molecule has 1 aliphatic rings.